The molecule has 0 spiro atoms. The van der Waals surface area contributed by atoms with Gasteiger partial charge in [-0.05, 0) is 24.1 Å². The lowest BCUT2D eigenvalue weighted by molar-refractivity contribution is -0.131. The summed E-state index contributed by atoms with van der Waals surface area (Å²) in [7, 11) is -18.1. The highest BCUT2D eigenvalue weighted by molar-refractivity contribution is 8.04. The first-order valence-corrected chi connectivity index (χ1v) is 16.8. The molecule has 12 nitrogen and oxygen atoms in total. The van der Waals surface area contributed by atoms with Gasteiger partial charge in [-0.3, -0.25) is 4.79 Å². The second-order valence-corrected chi connectivity index (χ2v) is 15.4. The summed E-state index contributed by atoms with van der Waals surface area (Å²) in [6, 6.07) is 1.56. The lowest BCUT2D eigenvalue weighted by atomic mass is 9.97. The fourth-order valence-electron chi connectivity index (χ4n) is 3.45. The number of nitrogens with zero attached hydrogens (tertiary/aromatic N) is 2. The minimum atomic E-state index is -4.54. The van der Waals surface area contributed by atoms with E-state index in [2.05, 4.69) is 0 Å². The molecule has 0 unspecified atom stereocenters. The van der Waals surface area contributed by atoms with Crippen LogP contribution in [0.3, 0.4) is 0 Å². The van der Waals surface area contributed by atoms with Crippen molar-refractivity contribution in [2.75, 3.05) is 25.0 Å². The second kappa shape index (κ2) is 10.4. The topological polar surface area (TPSA) is 169 Å². The second-order valence-electron chi connectivity index (χ2n) is 7.47. The molecule has 1 rings (SSSR count). The monoisotopic (exact) mass is 548 g/mol. The maximum atomic E-state index is 12.6. The molecule has 0 radical (unpaired) electrons. The van der Waals surface area contributed by atoms with Gasteiger partial charge in [0.15, 0.2) is 0 Å². The smallest absolute Gasteiger partial charge is 0.308 e. The van der Waals surface area contributed by atoms with Crippen molar-refractivity contribution in [2.24, 2.45) is 0 Å². The average molecular weight is 549 g/mol. The molecule has 1 aromatic rings. The van der Waals surface area contributed by atoms with Gasteiger partial charge in [-0.25, -0.2) is 33.7 Å². The van der Waals surface area contributed by atoms with Gasteiger partial charge >= 0.3 is 5.97 Å². The van der Waals surface area contributed by atoms with Gasteiger partial charge in [0.1, 0.15) is 5.75 Å². The number of esters is 1. The van der Waals surface area contributed by atoms with Gasteiger partial charge in [0.2, 0.25) is 40.1 Å². The molecular formula is C17H28N2O10S4. The van der Waals surface area contributed by atoms with Crippen molar-refractivity contribution in [1.82, 2.24) is 7.42 Å². The van der Waals surface area contributed by atoms with E-state index in [4.69, 9.17) is 4.74 Å². The third kappa shape index (κ3) is 7.99. The molecule has 0 aliphatic carbocycles. The maximum Gasteiger partial charge on any atom is 0.308 e. The number of rotatable bonds is 11. The number of ether oxygens (including phenoxy) is 1. The minimum absolute atomic E-state index is 0.0301. The minimum Gasteiger partial charge on any atom is -0.427 e. The first-order valence-electron chi connectivity index (χ1n) is 9.38. The Balaban J connectivity index is 4.04. The Kier molecular flexibility index (Phi) is 9.23. The summed E-state index contributed by atoms with van der Waals surface area (Å²) in [6.07, 6.45) is 2.48. The first kappa shape index (κ1) is 29.4. The highest BCUT2D eigenvalue weighted by atomic mass is 32.3. The van der Waals surface area contributed by atoms with Crippen LogP contribution in [-0.2, 0) is 44.9 Å². The van der Waals surface area contributed by atoms with Crippen molar-refractivity contribution < 1.29 is 43.2 Å². The molecule has 0 heterocycles. The van der Waals surface area contributed by atoms with Gasteiger partial charge in [-0.15, -0.1) is 0 Å². The van der Waals surface area contributed by atoms with E-state index in [0.717, 1.165) is 6.92 Å². The molecule has 0 fully saturated rings. The third-order valence-electron chi connectivity index (χ3n) is 4.24. The molecule has 33 heavy (non-hydrogen) atoms. The molecule has 0 aliphatic heterocycles. The molecule has 0 amide bonds. The summed E-state index contributed by atoms with van der Waals surface area (Å²) in [5.41, 5.74) is -0.0301. The fourth-order valence-corrected chi connectivity index (χ4v) is 10.2. The molecule has 190 valence electrons. The molecule has 2 atom stereocenters. The molecule has 0 aromatic heterocycles. The largest absolute Gasteiger partial charge is 0.427 e. The van der Waals surface area contributed by atoms with E-state index in [1.54, 1.807) is 6.92 Å². The summed E-state index contributed by atoms with van der Waals surface area (Å²) in [5.74, 6) is -0.581. The molecule has 16 heteroatoms. The van der Waals surface area contributed by atoms with Gasteiger partial charge in [0.05, 0.1) is 37.1 Å². The molecule has 0 aliphatic rings. The Bertz CT molecular complexity index is 1220. The summed E-state index contributed by atoms with van der Waals surface area (Å²) in [4.78, 5) is 11.2. The van der Waals surface area contributed by atoms with Crippen LogP contribution >= 0.6 is 0 Å². The van der Waals surface area contributed by atoms with E-state index in [-0.39, 0.29) is 31.6 Å². The lowest BCUT2D eigenvalue weighted by Crippen LogP contribution is -2.53. The summed E-state index contributed by atoms with van der Waals surface area (Å²) >= 11 is 0. The van der Waals surface area contributed by atoms with Crippen LogP contribution in [-0.4, -0.2) is 78.1 Å². The van der Waals surface area contributed by atoms with Crippen LogP contribution in [0.4, 0.5) is 0 Å². The van der Waals surface area contributed by atoms with Gasteiger partial charge in [0, 0.05) is 6.92 Å². The Labute approximate surface area is 195 Å². The quantitative estimate of drug-likeness (QED) is 0.276. The van der Waals surface area contributed by atoms with E-state index in [9.17, 15) is 38.5 Å². The number of hydrogen-bond acceptors (Lipinski definition) is 10. The summed E-state index contributed by atoms with van der Waals surface area (Å²) in [5, 5.41) is 0. The van der Waals surface area contributed by atoms with Crippen LogP contribution in [0.2, 0.25) is 0 Å². The number of carbonyl (C=O) groups is 1. The first-order chi connectivity index (χ1) is 14.7. The number of carbonyl (C=O) groups excluding carboxylic acids is 1. The number of sulfonamides is 4. The van der Waals surface area contributed by atoms with Gasteiger partial charge in [-0.1, -0.05) is 32.9 Å². The van der Waals surface area contributed by atoms with E-state index >= 15 is 0 Å². The average Bonchev–Trinajstić information content (AvgIpc) is 2.55. The van der Waals surface area contributed by atoms with Crippen molar-refractivity contribution >= 4 is 46.1 Å². The number of benzene rings is 1. The van der Waals surface area contributed by atoms with Crippen LogP contribution in [0.1, 0.15) is 38.3 Å². The standard InChI is InChI=1S/C17H28N2O10S4/c1-7-8-16(18(30(3,21)22)31(4,23)24)17(19(32(5,25)26)33(6,27)28)14-9-11-15(12-10-14)29-13(2)20/h9-12,16-17H,7-8H2,1-6H3/t16-,17+/m1/s1. The predicted molar refractivity (Wildman–Crippen MR) is 122 cm³/mol. The van der Waals surface area contributed by atoms with Crippen molar-refractivity contribution in [1.29, 1.82) is 0 Å². The zero-order chi connectivity index (χ0) is 26.0. The molecular weight excluding hydrogens is 520 g/mol. The molecule has 1 aromatic carbocycles. The van der Waals surface area contributed by atoms with Crippen LogP contribution in [0, 0.1) is 0 Å². The highest BCUT2D eigenvalue weighted by Gasteiger charge is 2.47. The van der Waals surface area contributed by atoms with E-state index in [0.29, 0.717) is 25.0 Å². The van der Waals surface area contributed by atoms with E-state index < -0.39 is 58.1 Å². The predicted octanol–water partition coefficient (Wildman–Crippen LogP) is 0.264. The zero-order valence-corrected chi connectivity index (χ0v) is 22.3. The Morgan fingerprint density at radius 2 is 1.18 bits per heavy atom. The number of hydrogen-bond donors (Lipinski definition) is 0. The molecule has 0 saturated heterocycles. The van der Waals surface area contributed by atoms with Gasteiger partial charge < -0.3 is 4.74 Å². The Morgan fingerprint density at radius 1 is 0.788 bits per heavy atom. The summed E-state index contributed by atoms with van der Waals surface area (Å²) in [6.45, 7) is 2.75. The molecule has 0 bridgehead atoms. The normalized spacial score (nSPS) is 15.4. The van der Waals surface area contributed by atoms with Gasteiger partial charge in [-0.2, -0.15) is 0 Å². The lowest BCUT2D eigenvalue weighted by Gasteiger charge is -2.38. The highest BCUT2D eigenvalue weighted by Crippen LogP contribution is 2.37. The van der Waals surface area contributed by atoms with Crippen molar-refractivity contribution in [3.63, 3.8) is 0 Å². The van der Waals surface area contributed by atoms with Gasteiger partial charge in [0.25, 0.3) is 0 Å². The van der Waals surface area contributed by atoms with Crippen LogP contribution in [0.5, 0.6) is 5.75 Å². The van der Waals surface area contributed by atoms with Crippen molar-refractivity contribution in [2.45, 2.75) is 38.8 Å². The van der Waals surface area contributed by atoms with E-state index in [1.165, 1.54) is 24.3 Å². The van der Waals surface area contributed by atoms with E-state index in [1.807, 2.05) is 0 Å². The van der Waals surface area contributed by atoms with Crippen molar-refractivity contribution in [3.8, 4) is 5.75 Å². The Hall–Kier alpha value is -1.59. The molecule has 0 saturated carbocycles. The molecule has 0 N–H and O–H groups in total. The third-order valence-corrected chi connectivity index (χ3v) is 11.1. The maximum absolute atomic E-state index is 12.6. The zero-order valence-electron chi connectivity index (χ0n) is 19.0. The van der Waals surface area contributed by atoms with Crippen LogP contribution < -0.4 is 4.74 Å². The Morgan fingerprint density at radius 3 is 1.48 bits per heavy atom. The van der Waals surface area contributed by atoms with Crippen LogP contribution in [0.15, 0.2) is 24.3 Å². The summed E-state index contributed by atoms with van der Waals surface area (Å²) < 4.78 is 106. The van der Waals surface area contributed by atoms with Crippen LogP contribution in [0.25, 0.3) is 0 Å². The SMILES string of the molecule is CCC[C@H]([C@H](c1ccc(OC(C)=O)cc1)N(S(C)(=O)=O)S(C)(=O)=O)N(S(C)(=O)=O)S(C)(=O)=O. The fraction of sp³-hybridized carbons (Fsp3) is 0.588. The van der Waals surface area contributed by atoms with Crippen molar-refractivity contribution in [3.05, 3.63) is 29.8 Å².